The van der Waals surface area contributed by atoms with Crippen LogP contribution in [-0.4, -0.2) is 12.1 Å². The summed E-state index contributed by atoms with van der Waals surface area (Å²) >= 11 is 0. The summed E-state index contributed by atoms with van der Waals surface area (Å²) in [5, 5.41) is 0. The van der Waals surface area contributed by atoms with Gasteiger partial charge < -0.3 is 4.74 Å². The van der Waals surface area contributed by atoms with Crippen molar-refractivity contribution in [2.75, 3.05) is 0 Å². The molecule has 0 aromatic rings. The summed E-state index contributed by atoms with van der Waals surface area (Å²) in [6.45, 7) is 4.69. The number of hydrogen-bond acceptors (Lipinski definition) is 2. The van der Waals surface area contributed by atoms with E-state index >= 15 is 0 Å². The van der Waals surface area contributed by atoms with E-state index in [2.05, 4.69) is 13.8 Å². The van der Waals surface area contributed by atoms with Crippen molar-refractivity contribution >= 4 is 5.97 Å². The van der Waals surface area contributed by atoms with Gasteiger partial charge in [0, 0.05) is 10.8 Å². The highest BCUT2D eigenvalue weighted by atomic mass is 16.5. The molecule has 0 N–H and O–H groups in total. The van der Waals surface area contributed by atoms with Gasteiger partial charge in [-0.15, -0.1) is 0 Å². The molecule has 0 aliphatic heterocycles. The lowest BCUT2D eigenvalue weighted by Gasteiger charge is -2.44. The Hall–Kier alpha value is -0.530. The first-order valence-electron chi connectivity index (χ1n) is 8.24. The quantitative estimate of drug-likeness (QED) is 0.688. The number of carbonyl (C=O) groups excluding carboxylic acids is 1. The summed E-state index contributed by atoms with van der Waals surface area (Å²) < 4.78 is 6.08. The van der Waals surface area contributed by atoms with Gasteiger partial charge in [0.1, 0.15) is 6.10 Å². The van der Waals surface area contributed by atoms with Crippen LogP contribution in [0.3, 0.4) is 0 Å². The largest absolute Gasteiger partial charge is 0.461 e. The smallest absolute Gasteiger partial charge is 0.309 e. The lowest BCUT2D eigenvalue weighted by molar-refractivity contribution is -0.171. The Morgan fingerprint density at radius 3 is 2.05 bits per heavy atom. The first-order chi connectivity index (χ1) is 9.04. The van der Waals surface area contributed by atoms with E-state index in [1.165, 1.54) is 51.4 Å². The van der Waals surface area contributed by atoms with Crippen LogP contribution in [0, 0.1) is 16.7 Å². The second kappa shape index (κ2) is 4.79. The molecule has 0 aromatic carbocycles. The third-order valence-corrected chi connectivity index (χ3v) is 6.20. The van der Waals surface area contributed by atoms with Crippen LogP contribution >= 0.6 is 0 Å². The van der Waals surface area contributed by atoms with Gasteiger partial charge >= 0.3 is 5.97 Å². The molecule has 0 amide bonds. The van der Waals surface area contributed by atoms with Crippen LogP contribution in [0.4, 0.5) is 0 Å². The van der Waals surface area contributed by atoms with Crippen molar-refractivity contribution in [2.24, 2.45) is 16.7 Å². The zero-order valence-corrected chi connectivity index (χ0v) is 12.5. The minimum atomic E-state index is 0.117. The molecule has 3 rings (SSSR count). The molecule has 2 unspecified atom stereocenters. The Kier molecular flexibility index (Phi) is 3.39. The van der Waals surface area contributed by atoms with Crippen LogP contribution in [-0.2, 0) is 9.53 Å². The summed E-state index contributed by atoms with van der Waals surface area (Å²) in [4.78, 5) is 12.4. The molecule has 3 fully saturated rings. The van der Waals surface area contributed by atoms with Crippen molar-refractivity contribution in [1.29, 1.82) is 0 Å². The lowest BCUT2D eigenvalue weighted by atomic mass is 9.68. The normalized spacial score (nSPS) is 43.2. The molecule has 0 radical (unpaired) electrons. The number of hydrogen-bond donors (Lipinski definition) is 0. The van der Waals surface area contributed by atoms with Crippen LogP contribution < -0.4 is 0 Å². The Bertz CT molecular complexity index is 340. The van der Waals surface area contributed by atoms with E-state index < -0.39 is 0 Å². The van der Waals surface area contributed by atoms with E-state index in [4.69, 9.17) is 4.74 Å². The molecule has 3 aliphatic carbocycles. The van der Waals surface area contributed by atoms with E-state index in [-0.39, 0.29) is 28.8 Å². The highest BCUT2D eigenvalue weighted by Gasteiger charge is 2.56. The number of fused-ring (bicyclic) bond motifs is 2. The molecular weight excluding hydrogens is 236 g/mol. The molecule has 2 nitrogen and oxygen atoms in total. The second-order valence-electron chi connectivity index (χ2n) is 7.81. The first-order valence-corrected chi connectivity index (χ1v) is 8.24. The Labute approximate surface area is 117 Å². The molecule has 2 bridgehead atoms. The third-order valence-electron chi connectivity index (χ3n) is 6.20. The Morgan fingerprint density at radius 1 is 0.895 bits per heavy atom. The van der Waals surface area contributed by atoms with Crippen LogP contribution in [0.1, 0.15) is 78.1 Å². The van der Waals surface area contributed by atoms with Gasteiger partial charge in [-0.2, -0.15) is 0 Å². The number of ether oxygens (including phenoxy) is 1. The summed E-state index contributed by atoms with van der Waals surface area (Å²) in [5.41, 5.74) is 0.522. The zero-order valence-electron chi connectivity index (χ0n) is 12.5. The summed E-state index contributed by atoms with van der Waals surface area (Å²) in [6, 6.07) is 0. The van der Waals surface area contributed by atoms with Crippen LogP contribution in [0.5, 0.6) is 0 Å². The van der Waals surface area contributed by atoms with Crippen molar-refractivity contribution in [3.05, 3.63) is 0 Å². The fraction of sp³-hybridized carbons (Fsp3) is 0.941. The van der Waals surface area contributed by atoms with Gasteiger partial charge in [0.2, 0.25) is 0 Å². The van der Waals surface area contributed by atoms with E-state index in [0.29, 0.717) is 0 Å². The average Bonchev–Trinajstić information content (AvgIpc) is 2.56. The van der Waals surface area contributed by atoms with Crippen molar-refractivity contribution in [3.8, 4) is 0 Å². The van der Waals surface area contributed by atoms with Gasteiger partial charge in [0.05, 0.1) is 5.92 Å². The molecule has 2 heteroatoms. The second-order valence-corrected chi connectivity index (χ2v) is 7.81. The number of rotatable bonds is 2. The van der Waals surface area contributed by atoms with E-state index in [0.717, 1.165) is 12.8 Å². The highest BCUT2D eigenvalue weighted by molar-refractivity contribution is 5.72. The van der Waals surface area contributed by atoms with Crippen molar-refractivity contribution < 1.29 is 9.53 Å². The average molecular weight is 264 g/mol. The van der Waals surface area contributed by atoms with E-state index in [1.807, 2.05) is 0 Å². The maximum atomic E-state index is 12.4. The predicted molar refractivity (Wildman–Crippen MR) is 75.8 cm³/mol. The monoisotopic (exact) mass is 264 g/mol. The Morgan fingerprint density at radius 2 is 1.47 bits per heavy atom. The summed E-state index contributed by atoms with van der Waals surface area (Å²) in [7, 11) is 0. The number of carbonyl (C=O) groups is 1. The molecule has 0 spiro atoms. The molecule has 3 saturated carbocycles. The highest BCUT2D eigenvalue weighted by Crippen LogP contribution is 2.59. The summed E-state index contributed by atoms with van der Waals surface area (Å²) in [6.07, 6.45) is 12.3. The van der Waals surface area contributed by atoms with E-state index in [1.54, 1.807) is 0 Å². The topological polar surface area (TPSA) is 26.3 Å². The third kappa shape index (κ3) is 2.32. The first kappa shape index (κ1) is 13.5. The standard InChI is InChI=1S/C17H28O2/c1-16-9-6-10-17(2,12-11-16)15(16)19-14(18)13-7-4-3-5-8-13/h13,15H,3-12H2,1-2H3. The molecule has 2 atom stereocenters. The van der Waals surface area contributed by atoms with Crippen LogP contribution in [0.15, 0.2) is 0 Å². The fourth-order valence-corrected chi connectivity index (χ4v) is 4.92. The molecule has 19 heavy (non-hydrogen) atoms. The molecule has 0 aromatic heterocycles. The minimum Gasteiger partial charge on any atom is -0.461 e. The molecule has 108 valence electrons. The van der Waals surface area contributed by atoms with Crippen molar-refractivity contribution in [2.45, 2.75) is 84.2 Å². The van der Waals surface area contributed by atoms with Crippen molar-refractivity contribution in [3.63, 3.8) is 0 Å². The lowest BCUT2D eigenvalue weighted by Crippen LogP contribution is -2.45. The molecule has 0 saturated heterocycles. The van der Waals surface area contributed by atoms with Crippen LogP contribution in [0.25, 0.3) is 0 Å². The van der Waals surface area contributed by atoms with Gasteiger partial charge in [-0.05, 0) is 38.5 Å². The van der Waals surface area contributed by atoms with Crippen molar-refractivity contribution in [1.82, 2.24) is 0 Å². The van der Waals surface area contributed by atoms with Gasteiger partial charge in [0.15, 0.2) is 0 Å². The zero-order chi connectivity index (χ0) is 13.5. The van der Waals surface area contributed by atoms with Gasteiger partial charge in [0.25, 0.3) is 0 Å². The van der Waals surface area contributed by atoms with E-state index in [9.17, 15) is 4.79 Å². The van der Waals surface area contributed by atoms with Gasteiger partial charge in [-0.1, -0.05) is 39.5 Å². The number of esters is 1. The minimum absolute atomic E-state index is 0.117. The maximum absolute atomic E-state index is 12.4. The molecule has 0 heterocycles. The SMILES string of the molecule is CC12CCCC(C)(CC1)C2OC(=O)C1CCCCC1. The molecular formula is C17H28O2. The summed E-state index contributed by atoms with van der Waals surface area (Å²) in [5.74, 6) is 0.313. The maximum Gasteiger partial charge on any atom is 0.309 e. The predicted octanol–water partition coefficient (Wildman–Crippen LogP) is 4.47. The fourth-order valence-electron chi connectivity index (χ4n) is 4.92. The van der Waals surface area contributed by atoms with Gasteiger partial charge in [-0.25, -0.2) is 0 Å². The molecule has 3 aliphatic rings. The Balaban J connectivity index is 1.69. The van der Waals surface area contributed by atoms with Gasteiger partial charge in [-0.3, -0.25) is 4.79 Å². The van der Waals surface area contributed by atoms with Crippen LogP contribution in [0.2, 0.25) is 0 Å².